The van der Waals surface area contributed by atoms with Crippen LogP contribution in [0.25, 0.3) is 10.9 Å². The molecule has 0 radical (unpaired) electrons. The van der Waals surface area contributed by atoms with Crippen molar-refractivity contribution in [3.8, 4) is 11.5 Å². The Morgan fingerprint density at radius 1 is 1.00 bits per heavy atom. The smallest absolute Gasteiger partial charge is 0.341 e. The minimum atomic E-state index is -0.422. The molecule has 1 aromatic heterocycles. The lowest BCUT2D eigenvalue weighted by Crippen LogP contribution is -2.41. The number of hydrogen-bond donors (Lipinski definition) is 0. The molecule has 1 fully saturated rings. The predicted molar refractivity (Wildman–Crippen MR) is 132 cm³/mol. The van der Waals surface area contributed by atoms with Crippen molar-refractivity contribution in [2.75, 3.05) is 71.5 Å². The van der Waals surface area contributed by atoms with Crippen molar-refractivity contribution in [2.24, 2.45) is 0 Å². The highest BCUT2D eigenvalue weighted by Gasteiger charge is 2.27. The Kier molecular flexibility index (Phi) is 8.92. The topological polar surface area (TPSA) is 84.4 Å². The zero-order chi connectivity index (χ0) is 24.7. The number of esters is 1. The summed E-state index contributed by atoms with van der Waals surface area (Å²) in [5.74, 6) is 0.942. The van der Waals surface area contributed by atoms with Crippen LogP contribution in [0.2, 0.25) is 0 Å². The average Bonchev–Trinajstić information content (AvgIpc) is 3.08. The van der Waals surface area contributed by atoms with Gasteiger partial charge in [-0.25, -0.2) is 4.79 Å². The second-order valence-corrected chi connectivity index (χ2v) is 8.12. The molecule has 34 heavy (non-hydrogen) atoms. The molecule has 0 N–H and O–H groups in total. The van der Waals surface area contributed by atoms with E-state index in [-0.39, 0.29) is 12.5 Å². The van der Waals surface area contributed by atoms with Gasteiger partial charge < -0.3 is 24.0 Å². The Hall–Kier alpha value is -3.07. The lowest BCUT2D eigenvalue weighted by atomic mass is 10.1. The molecule has 0 spiro atoms. The summed E-state index contributed by atoms with van der Waals surface area (Å²) in [5.41, 5.74) is 1.76. The Morgan fingerprint density at radius 3 is 2.35 bits per heavy atom. The van der Waals surface area contributed by atoms with Crippen molar-refractivity contribution in [2.45, 2.75) is 27.2 Å². The number of carbonyl (C=O) groups is 2. The highest BCUT2D eigenvalue weighted by Crippen LogP contribution is 2.40. The second-order valence-electron chi connectivity index (χ2n) is 8.12. The van der Waals surface area contributed by atoms with E-state index in [9.17, 15) is 9.59 Å². The molecular weight excluding hydrogens is 436 g/mol. The van der Waals surface area contributed by atoms with E-state index in [2.05, 4.69) is 14.8 Å². The first-order valence-electron chi connectivity index (χ1n) is 11.9. The van der Waals surface area contributed by atoms with Crippen molar-refractivity contribution < 1.29 is 23.8 Å². The SMILES string of the molecule is CCOC(=O)c1cnc2c(OC)ccc(OC)c2c1N1CCCN(CC(=O)N(CC)CC)CC1. The molecule has 9 nitrogen and oxygen atoms in total. The fourth-order valence-corrected chi connectivity index (χ4v) is 4.48. The van der Waals surface area contributed by atoms with Crippen LogP contribution in [0.3, 0.4) is 0 Å². The maximum Gasteiger partial charge on any atom is 0.341 e. The van der Waals surface area contributed by atoms with Gasteiger partial charge in [-0.15, -0.1) is 0 Å². The molecule has 9 heteroatoms. The average molecular weight is 473 g/mol. The molecule has 0 bridgehead atoms. The fraction of sp³-hybridized carbons (Fsp3) is 0.560. The lowest BCUT2D eigenvalue weighted by Gasteiger charge is -2.28. The number of anilines is 1. The number of ether oxygens (including phenoxy) is 3. The number of likely N-dealkylation sites (N-methyl/N-ethyl adjacent to an activating group) is 1. The number of nitrogens with zero attached hydrogens (tertiary/aromatic N) is 4. The monoisotopic (exact) mass is 472 g/mol. The van der Waals surface area contributed by atoms with E-state index in [0.717, 1.165) is 30.6 Å². The number of methoxy groups -OCH3 is 2. The highest BCUT2D eigenvalue weighted by molar-refractivity contribution is 6.09. The van der Waals surface area contributed by atoms with Crippen molar-refractivity contribution in [1.29, 1.82) is 0 Å². The van der Waals surface area contributed by atoms with Gasteiger partial charge in [0.05, 0.1) is 38.4 Å². The number of aromatic nitrogens is 1. The van der Waals surface area contributed by atoms with Crippen molar-refractivity contribution in [3.05, 3.63) is 23.9 Å². The van der Waals surface area contributed by atoms with Crippen molar-refractivity contribution >= 4 is 28.5 Å². The van der Waals surface area contributed by atoms with E-state index in [1.165, 1.54) is 0 Å². The summed E-state index contributed by atoms with van der Waals surface area (Å²) in [6.45, 7) is 10.8. The lowest BCUT2D eigenvalue weighted by molar-refractivity contribution is -0.132. The molecule has 0 atom stereocenters. The second kappa shape index (κ2) is 11.9. The van der Waals surface area contributed by atoms with Crippen LogP contribution < -0.4 is 14.4 Å². The molecule has 186 valence electrons. The van der Waals surface area contributed by atoms with Gasteiger partial charge in [-0.2, -0.15) is 0 Å². The summed E-state index contributed by atoms with van der Waals surface area (Å²) in [4.78, 5) is 36.3. The van der Waals surface area contributed by atoms with E-state index in [0.29, 0.717) is 55.3 Å². The van der Waals surface area contributed by atoms with Gasteiger partial charge in [0.25, 0.3) is 0 Å². The highest BCUT2D eigenvalue weighted by atomic mass is 16.5. The van der Waals surface area contributed by atoms with Crippen LogP contribution >= 0.6 is 0 Å². The van der Waals surface area contributed by atoms with Crippen LogP contribution in [0, 0.1) is 0 Å². The molecule has 0 unspecified atom stereocenters. The van der Waals surface area contributed by atoms with Gasteiger partial charge in [-0.05, 0) is 39.3 Å². The number of benzene rings is 1. The van der Waals surface area contributed by atoms with Gasteiger partial charge in [0, 0.05) is 45.5 Å². The normalized spacial score (nSPS) is 14.6. The third-order valence-corrected chi connectivity index (χ3v) is 6.23. The summed E-state index contributed by atoms with van der Waals surface area (Å²) in [6.07, 6.45) is 2.41. The third-order valence-electron chi connectivity index (χ3n) is 6.23. The molecule has 0 saturated carbocycles. The molecule has 1 amide bonds. The molecule has 1 aliphatic rings. The summed E-state index contributed by atoms with van der Waals surface area (Å²) in [7, 11) is 3.20. The number of amides is 1. The maximum atomic E-state index is 12.9. The number of pyridine rings is 1. The molecule has 0 aliphatic carbocycles. The van der Waals surface area contributed by atoms with E-state index in [1.54, 1.807) is 27.3 Å². The molecule has 3 rings (SSSR count). The van der Waals surface area contributed by atoms with E-state index in [4.69, 9.17) is 14.2 Å². The van der Waals surface area contributed by atoms with Crippen molar-refractivity contribution in [3.63, 3.8) is 0 Å². The van der Waals surface area contributed by atoms with Crippen LogP contribution in [-0.4, -0.2) is 93.3 Å². The van der Waals surface area contributed by atoms with Crippen LogP contribution in [0.5, 0.6) is 11.5 Å². The first-order valence-corrected chi connectivity index (χ1v) is 11.9. The molecule has 2 heterocycles. The fourth-order valence-electron chi connectivity index (χ4n) is 4.48. The van der Waals surface area contributed by atoms with Gasteiger partial charge in [0.15, 0.2) is 0 Å². The Labute approximate surface area is 201 Å². The van der Waals surface area contributed by atoms with Gasteiger partial charge in [0.2, 0.25) is 5.91 Å². The van der Waals surface area contributed by atoms with Crippen molar-refractivity contribution in [1.82, 2.24) is 14.8 Å². The third kappa shape index (κ3) is 5.35. The Bertz CT molecular complexity index is 1010. The number of fused-ring (bicyclic) bond motifs is 1. The van der Waals surface area contributed by atoms with Gasteiger partial charge in [-0.1, -0.05) is 0 Å². The molecule has 1 saturated heterocycles. The number of carbonyl (C=O) groups excluding carboxylic acids is 2. The Balaban J connectivity index is 2.00. The largest absolute Gasteiger partial charge is 0.496 e. The summed E-state index contributed by atoms with van der Waals surface area (Å²) in [5, 5.41) is 0.722. The summed E-state index contributed by atoms with van der Waals surface area (Å²) < 4.78 is 16.6. The number of hydrogen-bond acceptors (Lipinski definition) is 8. The van der Waals surface area contributed by atoms with E-state index >= 15 is 0 Å². The van der Waals surface area contributed by atoms with Gasteiger partial charge in [0.1, 0.15) is 22.6 Å². The zero-order valence-corrected chi connectivity index (χ0v) is 20.9. The van der Waals surface area contributed by atoms with Gasteiger partial charge in [-0.3, -0.25) is 14.7 Å². The van der Waals surface area contributed by atoms with Gasteiger partial charge >= 0.3 is 5.97 Å². The van der Waals surface area contributed by atoms with E-state index in [1.807, 2.05) is 30.9 Å². The summed E-state index contributed by atoms with van der Waals surface area (Å²) >= 11 is 0. The number of rotatable bonds is 9. The molecular formula is C25H36N4O5. The standard InChI is InChI=1S/C25H36N4O5/c1-6-28(7-2)21(30)17-27-12-9-13-29(15-14-27)24-18(25(31)34-8-3)16-26-23-20(33-5)11-10-19(32-4)22(23)24/h10-11,16H,6-9,12-15,17H2,1-5H3. The van der Waals surface area contributed by atoms with Crippen LogP contribution in [0.4, 0.5) is 5.69 Å². The summed E-state index contributed by atoms with van der Waals surface area (Å²) in [6, 6.07) is 3.64. The van der Waals surface area contributed by atoms with Crippen LogP contribution in [0.15, 0.2) is 18.3 Å². The minimum Gasteiger partial charge on any atom is -0.496 e. The van der Waals surface area contributed by atoms with Crippen LogP contribution in [-0.2, 0) is 9.53 Å². The minimum absolute atomic E-state index is 0.145. The predicted octanol–water partition coefficient (Wildman–Crippen LogP) is 2.81. The first-order chi connectivity index (χ1) is 16.5. The van der Waals surface area contributed by atoms with E-state index < -0.39 is 5.97 Å². The molecule has 2 aromatic rings. The molecule has 1 aliphatic heterocycles. The quantitative estimate of drug-likeness (QED) is 0.515. The van der Waals surface area contributed by atoms with Crippen LogP contribution in [0.1, 0.15) is 37.6 Å². The Morgan fingerprint density at radius 2 is 1.71 bits per heavy atom. The zero-order valence-electron chi connectivity index (χ0n) is 20.9. The maximum absolute atomic E-state index is 12.9. The first kappa shape index (κ1) is 25.6. The molecule has 1 aromatic carbocycles.